The topological polar surface area (TPSA) is 104 Å². The van der Waals surface area contributed by atoms with E-state index in [4.69, 9.17) is 9.88 Å². The summed E-state index contributed by atoms with van der Waals surface area (Å²) in [6.07, 6.45) is 0.365. The maximum atomic E-state index is 13.1. The Hall–Kier alpha value is -2.36. The number of thioether (sulfide) groups is 1. The highest BCUT2D eigenvalue weighted by Crippen LogP contribution is 2.24. The van der Waals surface area contributed by atoms with E-state index in [-0.39, 0.29) is 11.3 Å². The van der Waals surface area contributed by atoms with Gasteiger partial charge in [-0.1, -0.05) is 30.0 Å². The Balaban J connectivity index is 2.05. The van der Waals surface area contributed by atoms with Crippen molar-refractivity contribution in [1.29, 1.82) is 0 Å². The van der Waals surface area contributed by atoms with Crippen molar-refractivity contribution < 1.29 is 13.2 Å². The molecule has 7 nitrogen and oxygen atoms in total. The number of hydrogen-bond acceptors (Lipinski definition) is 6. The van der Waals surface area contributed by atoms with Crippen LogP contribution in [-0.4, -0.2) is 36.6 Å². The normalized spacial score (nSPS) is 11.6. The van der Waals surface area contributed by atoms with Crippen molar-refractivity contribution in [2.24, 2.45) is 5.14 Å². The Morgan fingerprint density at radius 2 is 1.96 bits per heavy atom. The lowest BCUT2D eigenvalue weighted by molar-refractivity contribution is 0.414. The number of ether oxygens (including phenoxy) is 1. The van der Waals surface area contributed by atoms with Crippen LogP contribution >= 0.6 is 11.8 Å². The fourth-order valence-electron chi connectivity index (χ4n) is 2.61. The molecule has 2 N–H and O–H groups in total. The molecule has 0 aliphatic rings. The summed E-state index contributed by atoms with van der Waals surface area (Å²) in [6, 6.07) is 14.3. The number of nitrogens with two attached hydrogens (primary N) is 1. The summed E-state index contributed by atoms with van der Waals surface area (Å²) in [4.78, 5) is 17.7. The van der Waals surface area contributed by atoms with Gasteiger partial charge in [0.05, 0.1) is 29.5 Å². The van der Waals surface area contributed by atoms with E-state index in [1.807, 2.05) is 6.07 Å². The number of para-hydroxylation sites is 1. The lowest BCUT2D eigenvalue weighted by atomic mass is 10.2. The molecule has 0 amide bonds. The van der Waals surface area contributed by atoms with Crippen LogP contribution in [0, 0.1) is 0 Å². The van der Waals surface area contributed by atoms with Gasteiger partial charge in [0.2, 0.25) is 10.0 Å². The zero-order valence-corrected chi connectivity index (χ0v) is 16.3. The minimum atomic E-state index is -3.51. The van der Waals surface area contributed by atoms with Gasteiger partial charge in [0.1, 0.15) is 5.75 Å². The monoisotopic (exact) mass is 405 g/mol. The fourth-order valence-corrected chi connectivity index (χ4v) is 4.29. The Labute approximate surface area is 161 Å². The van der Waals surface area contributed by atoms with Crippen LogP contribution in [0.15, 0.2) is 58.5 Å². The van der Waals surface area contributed by atoms with Crippen LogP contribution in [0.2, 0.25) is 0 Å². The molecule has 0 bridgehead atoms. The van der Waals surface area contributed by atoms with Gasteiger partial charge < -0.3 is 4.74 Å². The first-order valence-electron chi connectivity index (χ1n) is 8.18. The van der Waals surface area contributed by atoms with Crippen molar-refractivity contribution in [3.05, 3.63) is 58.9 Å². The van der Waals surface area contributed by atoms with Crippen molar-refractivity contribution in [3.63, 3.8) is 0 Å². The molecule has 3 aromatic rings. The molecule has 0 saturated heterocycles. The quantitative estimate of drug-likeness (QED) is 0.367. The average molecular weight is 406 g/mol. The minimum Gasteiger partial charge on any atom is -0.497 e. The van der Waals surface area contributed by atoms with E-state index in [9.17, 15) is 13.2 Å². The highest BCUT2D eigenvalue weighted by molar-refractivity contribution is 7.99. The second kappa shape index (κ2) is 8.12. The molecule has 0 atom stereocenters. The van der Waals surface area contributed by atoms with E-state index in [1.165, 1.54) is 16.3 Å². The van der Waals surface area contributed by atoms with E-state index in [0.717, 1.165) is 0 Å². The van der Waals surface area contributed by atoms with Crippen molar-refractivity contribution in [3.8, 4) is 11.4 Å². The SMILES string of the molecule is COc1cccc(-n2c(SCCCS(N)(=O)=O)nc3ccccc3c2=O)c1. The third kappa shape index (κ3) is 4.68. The molecule has 2 aromatic carbocycles. The van der Waals surface area contributed by atoms with Crippen molar-refractivity contribution in [1.82, 2.24) is 9.55 Å². The number of fused-ring (bicyclic) bond motifs is 1. The molecular formula is C18H19N3O4S2. The number of sulfonamides is 1. The number of hydrogen-bond donors (Lipinski definition) is 1. The second-order valence-electron chi connectivity index (χ2n) is 5.82. The summed E-state index contributed by atoms with van der Waals surface area (Å²) in [5.74, 6) is 0.972. The van der Waals surface area contributed by atoms with Crippen molar-refractivity contribution in [2.75, 3.05) is 18.6 Å². The molecule has 0 spiro atoms. The Morgan fingerprint density at radius 3 is 2.70 bits per heavy atom. The summed E-state index contributed by atoms with van der Waals surface area (Å²) in [5.41, 5.74) is 1.03. The maximum absolute atomic E-state index is 13.1. The third-order valence-electron chi connectivity index (χ3n) is 3.86. The van der Waals surface area contributed by atoms with Gasteiger partial charge in [0.25, 0.3) is 5.56 Å². The summed E-state index contributed by atoms with van der Waals surface area (Å²) in [5, 5.41) is 6.04. The molecule has 1 aromatic heterocycles. The Morgan fingerprint density at radius 1 is 1.19 bits per heavy atom. The maximum Gasteiger partial charge on any atom is 0.266 e. The van der Waals surface area contributed by atoms with Gasteiger partial charge in [0.15, 0.2) is 5.16 Å². The summed E-state index contributed by atoms with van der Waals surface area (Å²) in [6.45, 7) is 0. The predicted octanol–water partition coefficient (Wildman–Crippen LogP) is 2.17. The molecule has 0 radical (unpaired) electrons. The van der Waals surface area contributed by atoms with Crippen LogP contribution in [0.5, 0.6) is 5.75 Å². The molecule has 9 heteroatoms. The highest BCUT2D eigenvalue weighted by atomic mass is 32.2. The van der Waals surface area contributed by atoms with Crippen molar-refractivity contribution in [2.45, 2.75) is 11.6 Å². The van der Waals surface area contributed by atoms with Crippen LogP contribution in [0.25, 0.3) is 16.6 Å². The molecule has 142 valence electrons. The van der Waals surface area contributed by atoms with E-state index in [0.29, 0.717) is 39.7 Å². The number of primary sulfonamides is 1. The third-order valence-corrected chi connectivity index (χ3v) is 5.74. The van der Waals surface area contributed by atoms with E-state index < -0.39 is 10.0 Å². The minimum absolute atomic E-state index is 0.114. The summed E-state index contributed by atoms with van der Waals surface area (Å²) >= 11 is 1.32. The van der Waals surface area contributed by atoms with Crippen LogP contribution in [0.1, 0.15) is 6.42 Å². The molecule has 0 unspecified atom stereocenters. The van der Waals surface area contributed by atoms with Crippen LogP contribution in [-0.2, 0) is 10.0 Å². The molecule has 27 heavy (non-hydrogen) atoms. The van der Waals surface area contributed by atoms with Gasteiger partial charge in [-0.3, -0.25) is 9.36 Å². The van der Waals surface area contributed by atoms with Gasteiger partial charge >= 0.3 is 0 Å². The lowest BCUT2D eigenvalue weighted by Gasteiger charge is -2.14. The predicted molar refractivity (Wildman–Crippen MR) is 107 cm³/mol. The number of nitrogens with zero attached hydrogens (tertiary/aromatic N) is 2. The van der Waals surface area contributed by atoms with Crippen LogP contribution < -0.4 is 15.4 Å². The first kappa shape index (κ1) is 19.4. The molecule has 0 fully saturated rings. The number of aromatic nitrogens is 2. The molecule has 3 rings (SSSR count). The largest absolute Gasteiger partial charge is 0.497 e. The molecule has 0 aliphatic heterocycles. The second-order valence-corrected chi connectivity index (χ2v) is 8.62. The molecule has 1 heterocycles. The number of rotatable bonds is 7. The molecule has 0 aliphatic carbocycles. The summed E-state index contributed by atoms with van der Waals surface area (Å²) in [7, 11) is -1.95. The first-order valence-corrected chi connectivity index (χ1v) is 10.9. The Kier molecular flexibility index (Phi) is 5.83. The average Bonchev–Trinajstić information content (AvgIpc) is 2.65. The van der Waals surface area contributed by atoms with Crippen LogP contribution in [0.3, 0.4) is 0 Å². The first-order chi connectivity index (χ1) is 12.9. The van der Waals surface area contributed by atoms with Crippen molar-refractivity contribution >= 4 is 32.7 Å². The van der Waals surface area contributed by atoms with Gasteiger partial charge in [-0.2, -0.15) is 0 Å². The van der Waals surface area contributed by atoms with E-state index in [1.54, 1.807) is 49.6 Å². The smallest absolute Gasteiger partial charge is 0.266 e. The van der Waals surface area contributed by atoms with Gasteiger partial charge in [-0.05, 0) is 30.7 Å². The summed E-state index contributed by atoms with van der Waals surface area (Å²) < 4.78 is 29.0. The fraction of sp³-hybridized carbons (Fsp3) is 0.222. The Bertz CT molecular complexity index is 1130. The zero-order valence-electron chi connectivity index (χ0n) is 14.7. The molecular weight excluding hydrogens is 386 g/mol. The van der Waals surface area contributed by atoms with Gasteiger partial charge in [0, 0.05) is 11.8 Å². The van der Waals surface area contributed by atoms with E-state index in [2.05, 4.69) is 4.98 Å². The highest BCUT2D eigenvalue weighted by Gasteiger charge is 2.14. The number of benzene rings is 2. The van der Waals surface area contributed by atoms with Crippen LogP contribution in [0.4, 0.5) is 0 Å². The standard InChI is InChI=1S/C18H19N3O4S2/c1-25-14-7-4-6-13(12-14)21-17(22)15-8-2-3-9-16(15)20-18(21)26-10-5-11-27(19,23)24/h2-4,6-9,12H,5,10-11H2,1H3,(H2,19,23,24). The van der Waals surface area contributed by atoms with Gasteiger partial charge in [-0.25, -0.2) is 18.5 Å². The number of methoxy groups -OCH3 is 1. The van der Waals surface area contributed by atoms with E-state index >= 15 is 0 Å². The lowest BCUT2D eigenvalue weighted by Crippen LogP contribution is -2.22. The van der Waals surface area contributed by atoms with Gasteiger partial charge in [-0.15, -0.1) is 0 Å². The zero-order chi connectivity index (χ0) is 19.4. The molecule has 0 saturated carbocycles.